The molecule has 0 saturated carbocycles. The van der Waals surface area contributed by atoms with Gasteiger partial charge in [-0.3, -0.25) is 4.79 Å². The molecule has 2 aliphatic rings. The zero-order valence-corrected chi connectivity index (χ0v) is 13.4. The maximum absolute atomic E-state index is 12.4. The highest BCUT2D eigenvalue weighted by molar-refractivity contribution is 5.99. The first-order valence-electron chi connectivity index (χ1n) is 7.75. The molecule has 2 heterocycles. The van der Waals surface area contributed by atoms with Crippen LogP contribution in [0.1, 0.15) is 13.3 Å². The summed E-state index contributed by atoms with van der Waals surface area (Å²) in [6, 6.07) is 5.13. The summed E-state index contributed by atoms with van der Waals surface area (Å²) in [5.41, 5.74) is 1.30. The van der Waals surface area contributed by atoms with Crippen molar-refractivity contribution in [3.8, 4) is 5.75 Å². The van der Waals surface area contributed by atoms with Gasteiger partial charge in [0.15, 0.2) is 6.61 Å². The van der Waals surface area contributed by atoms with Crippen LogP contribution >= 0.6 is 0 Å². The first-order valence-corrected chi connectivity index (χ1v) is 7.75. The van der Waals surface area contributed by atoms with Crippen LogP contribution in [0.4, 0.5) is 16.2 Å². The van der Waals surface area contributed by atoms with Gasteiger partial charge in [0, 0.05) is 25.8 Å². The van der Waals surface area contributed by atoms with E-state index in [1.807, 2.05) is 6.92 Å². The van der Waals surface area contributed by atoms with E-state index in [-0.39, 0.29) is 24.6 Å². The average molecular weight is 319 g/mol. The molecule has 3 rings (SSSR count). The average Bonchev–Trinajstić information content (AvgIpc) is 2.76. The number of hydrogen-bond acceptors (Lipinski definition) is 4. The highest BCUT2D eigenvalue weighted by Gasteiger charge is 2.23. The van der Waals surface area contributed by atoms with E-state index in [1.54, 1.807) is 30.1 Å². The van der Waals surface area contributed by atoms with Crippen LogP contribution in [0.3, 0.4) is 0 Å². The minimum atomic E-state index is -0.159. The van der Waals surface area contributed by atoms with E-state index < -0.39 is 0 Å². The van der Waals surface area contributed by atoms with Gasteiger partial charge in [-0.25, -0.2) is 4.79 Å². The second-order valence-electron chi connectivity index (χ2n) is 5.81. The van der Waals surface area contributed by atoms with Crippen molar-refractivity contribution < 1.29 is 19.1 Å². The maximum Gasteiger partial charge on any atom is 0.321 e. The van der Waals surface area contributed by atoms with Gasteiger partial charge in [-0.1, -0.05) is 0 Å². The summed E-state index contributed by atoms with van der Waals surface area (Å²) in [4.78, 5) is 27.4. The third-order valence-electron chi connectivity index (χ3n) is 4.15. The Balaban J connectivity index is 1.70. The fourth-order valence-electron chi connectivity index (χ4n) is 2.65. The van der Waals surface area contributed by atoms with Gasteiger partial charge < -0.3 is 24.6 Å². The highest BCUT2D eigenvalue weighted by atomic mass is 16.5. The molecule has 0 spiro atoms. The van der Waals surface area contributed by atoms with Gasteiger partial charge in [0.05, 0.1) is 18.4 Å². The van der Waals surface area contributed by atoms with Crippen molar-refractivity contribution in [2.45, 2.75) is 19.4 Å². The van der Waals surface area contributed by atoms with Crippen LogP contribution in [0.5, 0.6) is 5.75 Å². The van der Waals surface area contributed by atoms with E-state index in [9.17, 15) is 9.59 Å². The van der Waals surface area contributed by atoms with Crippen LogP contribution in [-0.4, -0.2) is 56.3 Å². The number of hydrogen-bond donors (Lipinski definition) is 1. The second-order valence-corrected chi connectivity index (χ2v) is 5.81. The molecule has 7 nitrogen and oxygen atoms in total. The molecule has 7 heteroatoms. The molecule has 1 fully saturated rings. The lowest BCUT2D eigenvalue weighted by Gasteiger charge is -2.27. The monoisotopic (exact) mass is 319 g/mol. The summed E-state index contributed by atoms with van der Waals surface area (Å²) in [5, 5.41) is 2.88. The molecule has 1 aromatic rings. The fraction of sp³-hybridized carbons (Fsp3) is 0.500. The lowest BCUT2D eigenvalue weighted by molar-refractivity contribution is -0.120. The zero-order chi connectivity index (χ0) is 16.4. The van der Waals surface area contributed by atoms with Crippen molar-refractivity contribution >= 4 is 23.3 Å². The van der Waals surface area contributed by atoms with Crippen molar-refractivity contribution in [3.05, 3.63) is 18.2 Å². The molecule has 2 aliphatic heterocycles. The predicted octanol–water partition coefficient (Wildman–Crippen LogP) is 1.68. The van der Waals surface area contributed by atoms with E-state index >= 15 is 0 Å². The van der Waals surface area contributed by atoms with E-state index in [2.05, 4.69) is 5.32 Å². The Morgan fingerprint density at radius 2 is 2.17 bits per heavy atom. The fourth-order valence-corrected chi connectivity index (χ4v) is 2.65. The number of anilines is 2. The number of ether oxygens (including phenoxy) is 2. The first kappa shape index (κ1) is 15.6. The Labute approximate surface area is 135 Å². The smallest absolute Gasteiger partial charge is 0.321 e. The van der Waals surface area contributed by atoms with Gasteiger partial charge in [0.2, 0.25) is 0 Å². The Bertz CT molecular complexity index is 619. The summed E-state index contributed by atoms with van der Waals surface area (Å²) in [6.07, 6.45) is 0.997. The van der Waals surface area contributed by atoms with Crippen LogP contribution in [0.15, 0.2) is 18.2 Å². The van der Waals surface area contributed by atoms with E-state index in [1.165, 1.54) is 4.90 Å². The molecular weight excluding hydrogens is 298 g/mol. The van der Waals surface area contributed by atoms with Crippen LogP contribution in [-0.2, 0) is 9.53 Å². The standard InChI is InChI=1S/C16H21N3O4/c1-11-5-6-19(7-8-22-11)16(21)17-12-3-4-14-13(9-12)18(2)15(20)10-23-14/h3-4,9,11H,5-8,10H2,1-2H3,(H,17,21). The lowest BCUT2D eigenvalue weighted by Crippen LogP contribution is -2.37. The topological polar surface area (TPSA) is 71.1 Å². The maximum atomic E-state index is 12.4. The summed E-state index contributed by atoms with van der Waals surface area (Å²) < 4.78 is 10.9. The molecule has 0 aromatic heterocycles. The van der Waals surface area contributed by atoms with Crippen molar-refractivity contribution in [1.82, 2.24) is 4.90 Å². The molecule has 0 bridgehead atoms. The molecule has 0 radical (unpaired) electrons. The Kier molecular flexibility index (Phi) is 4.38. The molecule has 3 amide bonds. The molecule has 124 valence electrons. The van der Waals surface area contributed by atoms with Crippen LogP contribution in [0, 0.1) is 0 Å². The Morgan fingerprint density at radius 3 is 3.00 bits per heavy atom. The van der Waals surface area contributed by atoms with Crippen molar-refractivity contribution in [2.24, 2.45) is 0 Å². The zero-order valence-electron chi connectivity index (χ0n) is 13.4. The number of amides is 3. The Hall–Kier alpha value is -2.28. The van der Waals surface area contributed by atoms with Crippen molar-refractivity contribution in [1.29, 1.82) is 0 Å². The number of fused-ring (bicyclic) bond motifs is 1. The molecule has 1 N–H and O–H groups in total. The molecule has 1 aromatic carbocycles. The van der Waals surface area contributed by atoms with Crippen LogP contribution in [0.2, 0.25) is 0 Å². The molecule has 23 heavy (non-hydrogen) atoms. The number of nitrogens with one attached hydrogen (secondary N) is 1. The predicted molar refractivity (Wildman–Crippen MR) is 86.0 cm³/mol. The third-order valence-corrected chi connectivity index (χ3v) is 4.15. The quantitative estimate of drug-likeness (QED) is 0.855. The number of carbonyl (C=O) groups excluding carboxylic acids is 2. The molecule has 1 saturated heterocycles. The molecule has 0 aliphatic carbocycles. The highest BCUT2D eigenvalue weighted by Crippen LogP contribution is 2.33. The van der Waals surface area contributed by atoms with Gasteiger partial charge in [-0.2, -0.15) is 0 Å². The van der Waals surface area contributed by atoms with E-state index in [4.69, 9.17) is 9.47 Å². The van der Waals surface area contributed by atoms with Crippen molar-refractivity contribution in [2.75, 3.05) is 43.6 Å². The number of nitrogens with zero attached hydrogens (tertiary/aromatic N) is 2. The van der Waals surface area contributed by atoms with Gasteiger partial charge in [0.1, 0.15) is 5.75 Å². The summed E-state index contributed by atoms with van der Waals surface area (Å²) in [7, 11) is 1.70. The number of rotatable bonds is 1. The van der Waals surface area contributed by atoms with Gasteiger partial charge in [-0.05, 0) is 31.5 Å². The van der Waals surface area contributed by atoms with Gasteiger partial charge in [-0.15, -0.1) is 0 Å². The molecule has 1 atom stereocenters. The molecular formula is C16H21N3O4. The largest absolute Gasteiger partial charge is 0.482 e. The number of likely N-dealkylation sites (N-methyl/N-ethyl adjacent to an activating group) is 1. The summed E-state index contributed by atoms with van der Waals surface area (Å²) in [5.74, 6) is 0.529. The minimum absolute atomic E-state index is 0.0428. The lowest BCUT2D eigenvalue weighted by atomic mass is 10.2. The SMILES string of the molecule is CC1CCN(C(=O)Nc2ccc3c(c2)N(C)C(=O)CO3)CCO1. The number of benzene rings is 1. The van der Waals surface area contributed by atoms with Crippen LogP contribution in [0.25, 0.3) is 0 Å². The van der Waals surface area contributed by atoms with Crippen LogP contribution < -0.4 is 15.0 Å². The van der Waals surface area contributed by atoms with E-state index in [0.717, 1.165) is 6.42 Å². The van der Waals surface area contributed by atoms with Gasteiger partial charge in [0.25, 0.3) is 5.91 Å². The molecule has 1 unspecified atom stereocenters. The normalized spacial score (nSPS) is 21.3. The number of urea groups is 1. The third kappa shape index (κ3) is 3.39. The Morgan fingerprint density at radius 1 is 1.35 bits per heavy atom. The summed E-state index contributed by atoms with van der Waals surface area (Å²) in [6.45, 7) is 3.84. The van der Waals surface area contributed by atoms with E-state index in [0.29, 0.717) is 36.8 Å². The number of carbonyl (C=O) groups is 2. The first-order chi connectivity index (χ1) is 11.0. The second kappa shape index (κ2) is 6.45. The van der Waals surface area contributed by atoms with Crippen molar-refractivity contribution in [3.63, 3.8) is 0 Å². The van der Waals surface area contributed by atoms with Gasteiger partial charge >= 0.3 is 6.03 Å². The minimum Gasteiger partial charge on any atom is -0.482 e. The summed E-state index contributed by atoms with van der Waals surface area (Å²) >= 11 is 0.